The van der Waals surface area contributed by atoms with Crippen molar-refractivity contribution in [3.63, 3.8) is 0 Å². The zero-order valence-electron chi connectivity index (χ0n) is 15.4. The molecule has 0 radical (unpaired) electrons. The molecule has 0 fully saturated rings. The maximum Gasteiger partial charge on any atom is 0.272 e. The van der Waals surface area contributed by atoms with E-state index in [1.54, 1.807) is 30.3 Å². The lowest BCUT2D eigenvalue weighted by molar-refractivity contribution is -0.120. The Morgan fingerprint density at radius 3 is 2.20 bits per heavy atom. The predicted octanol–water partition coefficient (Wildman–Crippen LogP) is 2.72. The van der Waals surface area contributed by atoms with Crippen molar-refractivity contribution >= 4 is 11.8 Å². The predicted molar refractivity (Wildman–Crippen MR) is 97.2 cm³/mol. The minimum absolute atomic E-state index is 0.217. The van der Waals surface area contributed by atoms with Crippen LogP contribution >= 0.6 is 0 Å². The second-order valence-electron chi connectivity index (χ2n) is 7.41. The van der Waals surface area contributed by atoms with E-state index in [-0.39, 0.29) is 17.2 Å². The number of amides is 2. The third kappa shape index (κ3) is 4.26. The van der Waals surface area contributed by atoms with E-state index in [0.717, 1.165) is 5.69 Å². The standard InChI is InChI=1S/C19H26N4O2/c1-12(2)15-11-14(22-23(15)19(3,4)5)18(25)21-16(17(20)24)13-9-7-6-8-10-13/h6-12,16H,1-5H3,(H2,20,24)(H,21,25)/t16-/m1/s1. The zero-order chi connectivity index (χ0) is 18.8. The fraction of sp³-hybridized carbons (Fsp3) is 0.421. The number of primary amides is 1. The first kappa shape index (κ1) is 18.7. The average Bonchev–Trinajstić information content (AvgIpc) is 2.99. The minimum Gasteiger partial charge on any atom is -0.368 e. The van der Waals surface area contributed by atoms with Gasteiger partial charge in [-0.05, 0) is 38.3 Å². The number of nitrogens with one attached hydrogen (secondary N) is 1. The van der Waals surface area contributed by atoms with Crippen LogP contribution in [-0.4, -0.2) is 21.6 Å². The van der Waals surface area contributed by atoms with Gasteiger partial charge in [-0.3, -0.25) is 14.3 Å². The Labute approximate surface area is 148 Å². The van der Waals surface area contributed by atoms with E-state index in [2.05, 4.69) is 24.3 Å². The van der Waals surface area contributed by atoms with Crippen molar-refractivity contribution in [2.45, 2.75) is 52.1 Å². The first-order chi connectivity index (χ1) is 11.6. The summed E-state index contributed by atoms with van der Waals surface area (Å²) in [5.74, 6) is -0.814. The summed E-state index contributed by atoms with van der Waals surface area (Å²) in [6.45, 7) is 10.2. The van der Waals surface area contributed by atoms with Crippen LogP contribution in [0.4, 0.5) is 0 Å². The van der Waals surface area contributed by atoms with E-state index < -0.39 is 17.9 Å². The largest absolute Gasteiger partial charge is 0.368 e. The molecule has 0 aliphatic heterocycles. The number of hydrogen-bond acceptors (Lipinski definition) is 3. The van der Waals surface area contributed by atoms with Gasteiger partial charge < -0.3 is 11.1 Å². The van der Waals surface area contributed by atoms with Gasteiger partial charge in [0.05, 0.1) is 5.54 Å². The molecule has 0 spiro atoms. The normalized spacial score (nSPS) is 12.9. The van der Waals surface area contributed by atoms with E-state index in [1.165, 1.54) is 0 Å². The number of nitrogens with two attached hydrogens (primary N) is 1. The van der Waals surface area contributed by atoms with Crippen LogP contribution in [0.5, 0.6) is 0 Å². The Morgan fingerprint density at radius 2 is 1.76 bits per heavy atom. The molecule has 0 aliphatic rings. The maximum absolute atomic E-state index is 12.7. The van der Waals surface area contributed by atoms with Crippen LogP contribution in [0.3, 0.4) is 0 Å². The lowest BCUT2D eigenvalue weighted by Gasteiger charge is -2.23. The van der Waals surface area contributed by atoms with Crippen molar-refractivity contribution in [1.29, 1.82) is 0 Å². The van der Waals surface area contributed by atoms with E-state index in [1.807, 2.05) is 31.5 Å². The third-order valence-corrected chi connectivity index (χ3v) is 3.89. The maximum atomic E-state index is 12.7. The Bertz CT molecular complexity index is 757. The van der Waals surface area contributed by atoms with Gasteiger partial charge in [0.25, 0.3) is 5.91 Å². The van der Waals surface area contributed by atoms with Crippen LogP contribution in [0, 0.1) is 0 Å². The number of aromatic nitrogens is 2. The molecule has 2 amide bonds. The van der Waals surface area contributed by atoms with Crippen molar-refractivity contribution in [3.05, 3.63) is 53.3 Å². The first-order valence-corrected chi connectivity index (χ1v) is 8.37. The van der Waals surface area contributed by atoms with E-state index in [0.29, 0.717) is 5.56 Å². The highest BCUT2D eigenvalue weighted by Crippen LogP contribution is 2.24. The highest BCUT2D eigenvalue weighted by molar-refractivity contribution is 5.96. The molecule has 2 aromatic rings. The molecule has 3 N–H and O–H groups in total. The number of carbonyl (C=O) groups is 2. The highest BCUT2D eigenvalue weighted by Gasteiger charge is 2.26. The van der Waals surface area contributed by atoms with Crippen LogP contribution in [0.2, 0.25) is 0 Å². The highest BCUT2D eigenvalue weighted by atomic mass is 16.2. The van der Waals surface area contributed by atoms with Crippen LogP contribution in [0.15, 0.2) is 36.4 Å². The average molecular weight is 342 g/mol. The van der Waals surface area contributed by atoms with E-state index in [9.17, 15) is 9.59 Å². The monoisotopic (exact) mass is 342 g/mol. The molecule has 134 valence electrons. The Balaban J connectivity index is 2.32. The van der Waals surface area contributed by atoms with Gasteiger partial charge in [0, 0.05) is 5.69 Å². The second kappa shape index (κ2) is 7.09. The summed E-state index contributed by atoms with van der Waals surface area (Å²) in [4.78, 5) is 24.4. The first-order valence-electron chi connectivity index (χ1n) is 8.37. The smallest absolute Gasteiger partial charge is 0.272 e. The molecular formula is C19H26N4O2. The van der Waals surface area contributed by atoms with Gasteiger partial charge in [-0.15, -0.1) is 0 Å². The molecule has 6 nitrogen and oxygen atoms in total. The molecular weight excluding hydrogens is 316 g/mol. The van der Waals surface area contributed by atoms with E-state index >= 15 is 0 Å². The summed E-state index contributed by atoms with van der Waals surface area (Å²) in [6.07, 6.45) is 0. The summed E-state index contributed by atoms with van der Waals surface area (Å²) < 4.78 is 1.86. The van der Waals surface area contributed by atoms with Gasteiger partial charge in [-0.2, -0.15) is 5.10 Å². The third-order valence-electron chi connectivity index (χ3n) is 3.89. The van der Waals surface area contributed by atoms with Crippen LogP contribution in [-0.2, 0) is 10.3 Å². The molecule has 6 heteroatoms. The molecule has 0 aliphatic carbocycles. The van der Waals surface area contributed by atoms with Gasteiger partial charge in [0.15, 0.2) is 5.69 Å². The van der Waals surface area contributed by atoms with Gasteiger partial charge >= 0.3 is 0 Å². The molecule has 0 unspecified atom stereocenters. The van der Waals surface area contributed by atoms with Gasteiger partial charge in [0.2, 0.25) is 5.91 Å². The fourth-order valence-electron chi connectivity index (χ4n) is 2.62. The lowest BCUT2D eigenvalue weighted by atomic mass is 10.1. The number of rotatable bonds is 5. The Morgan fingerprint density at radius 1 is 1.16 bits per heavy atom. The van der Waals surface area contributed by atoms with Gasteiger partial charge in [0.1, 0.15) is 6.04 Å². The SMILES string of the molecule is CC(C)c1cc(C(=O)N[C@@H](C(N)=O)c2ccccc2)nn1C(C)(C)C. The summed E-state index contributed by atoms with van der Waals surface area (Å²) in [7, 11) is 0. The number of carbonyl (C=O) groups excluding carboxylic acids is 2. The molecule has 0 saturated heterocycles. The summed E-state index contributed by atoms with van der Waals surface area (Å²) in [5, 5.41) is 7.15. The molecule has 1 heterocycles. The summed E-state index contributed by atoms with van der Waals surface area (Å²) >= 11 is 0. The van der Waals surface area contributed by atoms with Crippen LogP contribution in [0.25, 0.3) is 0 Å². The van der Waals surface area contributed by atoms with Crippen molar-refractivity contribution in [2.24, 2.45) is 5.73 Å². The summed E-state index contributed by atoms with van der Waals surface area (Å²) in [5.41, 5.74) is 7.10. The van der Waals surface area contributed by atoms with Crippen molar-refractivity contribution in [2.75, 3.05) is 0 Å². The summed E-state index contributed by atoms with van der Waals surface area (Å²) in [6, 6.07) is 9.81. The van der Waals surface area contributed by atoms with Gasteiger partial charge in [-0.1, -0.05) is 44.2 Å². The molecule has 1 aromatic heterocycles. The Hall–Kier alpha value is -2.63. The molecule has 1 atom stereocenters. The fourth-order valence-corrected chi connectivity index (χ4v) is 2.62. The zero-order valence-corrected chi connectivity index (χ0v) is 15.4. The van der Waals surface area contributed by atoms with E-state index in [4.69, 9.17) is 5.73 Å². The van der Waals surface area contributed by atoms with Gasteiger partial charge in [-0.25, -0.2) is 0 Å². The molecule has 0 saturated carbocycles. The Kier molecular flexibility index (Phi) is 5.30. The number of hydrogen-bond donors (Lipinski definition) is 2. The quantitative estimate of drug-likeness (QED) is 0.875. The molecule has 0 bridgehead atoms. The van der Waals surface area contributed by atoms with Crippen LogP contribution < -0.4 is 11.1 Å². The molecule has 2 rings (SSSR count). The van der Waals surface area contributed by atoms with Crippen molar-refractivity contribution in [3.8, 4) is 0 Å². The number of nitrogens with zero attached hydrogens (tertiary/aromatic N) is 2. The van der Waals surface area contributed by atoms with Crippen molar-refractivity contribution < 1.29 is 9.59 Å². The topological polar surface area (TPSA) is 90.0 Å². The lowest BCUT2D eigenvalue weighted by Crippen LogP contribution is -2.37. The molecule has 25 heavy (non-hydrogen) atoms. The van der Waals surface area contributed by atoms with Crippen molar-refractivity contribution in [1.82, 2.24) is 15.1 Å². The molecule has 1 aromatic carbocycles. The minimum atomic E-state index is -0.893. The second-order valence-corrected chi connectivity index (χ2v) is 7.41. The number of benzene rings is 1. The van der Waals surface area contributed by atoms with Crippen LogP contribution in [0.1, 0.15) is 68.3 Å².